The minimum Gasteiger partial charge on any atom is -0.463 e. The van der Waals surface area contributed by atoms with Crippen LogP contribution < -0.4 is 9.75 Å². The van der Waals surface area contributed by atoms with Gasteiger partial charge in [0.25, 0.3) is 0 Å². The molecular weight excluding hydrogens is 532 g/mol. The molecule has 0 saturated carbocycles. The number of anilines is 1. The SMILES string of the molecule is CC(=NN(C(=O)O)c1ccccc1C(F)(F)F)c1ccc(-c2ncn(-c3ccc(OC(F)(F)F)cc3)n2)cc1. The maximum Gasteiger partial charge on any atom is 0.573 e. The maximum atomic E-state index is 13.4. The number of hydrogen-bond donors (Lipinski definition) is 1. The molecule has 4 rings (SSSR count). The van der Waals surface area contributed by atoms with Gasteiger partial charge in [0.15, 0.2) is 5.82 Å². The molecule has 1 heterocycles. The molecule has 0 fully saturated rings. The number of para-hydroxylation sites is 1. The van der Waals surface area contributed by atoms with Crippen LogP contribution in [0.15, 0.2) is 84.2 Å². The highest BCUT2D eigenvalue weighted by Crippen LogP contribution is 2.36. The molecule has 0 aliphatic carbocycles. The summed E-state index contributed by atoms with van der Waals surface area (Å²) in [5.74, 6) is -0.111. The molecule has 0 unspecified atom stereocenters. The van der Waals surface area contributed by atoms with Gasteiger partial charge in [0.2, 0.25) is 0 Å². The largest absolute Gasteiger partial charge is 0.573 e. The Kier molecular flexibility index (Phi) is 7.29. The van der Waals surface area contributed by atoms with E-state index in [1.807, 2.05) is 0 Å². The van der Waals surface area contributed by atoms with Crippen molar-refractivity contribution in [1.82, 2.24) is 14.8 Å². The Morgan fingerprint density at radius 3 is 2.18 bits per heavy atom. The van der Waals surface area contributed by atoms with E-state index in [0.717, 1.165) is 30.3 Å². The number of carbonyl (C=O) groups is 1. The van der Waals surface area contributed by atoms with E-state index >= 15 is 0 Å². The molecule has 0 saturated heterocycles. The van der Waals surface area contributed by atoms with Crippen molar-refractivity contribution in [2.45, 2.75) is 19.5 Å². The Morgan fingerprint density at radius 1 is 0.949 bits per heavy atom. The third kappa shape index (κ3) is 6.52. The summed E-state index contributed by atoms with van der Waals surface area (Å²) in [6.45, 7) is 1.44. The smallest absolute Gasteiger partial charge is 0.463 e. The van der Waals surface area contributed by atoms with E-state index in [2.05, 4.69) is 19.9 Å². The van der Waals surface area contributed by atoms with Crippen LogP contribution in [0.4, 0.5) is 36.8 Å². The van der Waals surface area contributed by atoms with E-state index in [-0.39, 0.29) is 22.3 Å². The van der Waals surface area contributed by atoms with Crippen molar-refractivity contribution in [3.05, 3.63) is 90.3 Å². The number of carboxylic acid groups (broad SMARTS) is 1. The topological polar surface area (TPSA) is 92.8 Å². The number of benzene rings is 3. The number of alkyl halides is 6. The molecule has 202 valence electrons. The Labute approximate surface area is 216 Å². The lowest BCUT2D eigenvalue weighted by atomic mass is 10.1. The summed E-state index contributed by atoms with van der Waals surface area (Å²) in [6, 6.07) is 15.5. The minimum atomic E-state index is -4.81. The van der Waals surface area contributed by atoms with Gasteiger partial charge in [-0.1, -0.05) is 36.4 Å². The molecule has 0 aliphatic heterocycles. The second-order valence-corrected chi connectivity index (χ2v) is 7.93. The summed E-state index contributed by atoms with van der Waals surface area (Å²) in [4.78, 5) is 15.9. The number of nitrogens with zero attached hydrogens (tertiary/aromatic N) is 5. The van der Waals surface area contributed by atoms with Gasteiger partial charge in [-0.2, -0.15) is 23.3 Å². The zero-order valence-corrected chi connectivity index (χ0v) is 19.8. The quantitative estimate of drug-likeness (QED) is 0.163. The van der Waals surface area contributed by atoms with Gasteiger partial charge in [0.1, 0.15) is 12.1 Å². The van der Waals surface area contributed by atoms with E-state index in [4.69, 9.17) is 0 Å². The van der Waals surface area contributed by atoms with Gasteiger partial charge in [-0.15, -0.1) is 18.3 Å². The molecule has 0 radical (unpaired) electrons. The number of amides is 1. The van der Waals surface area contributed by atoms with Crippen molar-refractivity contribution in [3.8, 4) is 22.8 Å². The first-order valence-corrected chi connectivity index (χ1v) is 10.9. The van der Waals surface area contributed by atoms with Crippen LogP contribution in [0.1, 0.15) is 18.1 Å². The molecular formula is C25H17F6N5O3. The van der Waals surface area contributed by atoms with E-state index in [1.54, 1.807) is 24.3 Å². The Balaban J connectivity index is 1.55. The summed E-state index contributed by atoms with van der Waals surface area (Å²) < 4.78 is 82.4. The predicted octanol–water partition coefficient (Wildman–Crippen LogP) is 6.76. The zero-order chi connectivity index (χ0) is 28.4. The van der Waals surface area contributed by atoms with E-state index in [0.29, 0.717) is 16.8 Å². The zero-order valence-electron chi connectivity index (χ0n) is 19.8. The van der Waals surface area contributed by atoms with Gasteiger partial charge in [0, 0.05) is 5.56 Å². The van der Waals surface area contributed by atoms with Crippen molar-refractivity contribution >= 4 is 17.5 Å². The van der Waals surface area contributed by atoms with Crippen LogP contribution in [-0.4, -0.2) is 38.0 Å². The highest BCUT2D eigenvalue weighted by atomic mass is 19.4. The fourth-order valence-electron chi connectivity index (χ4n) is 3.49. The summed E-state index contributed by atoms with van der Waals surface area (Å²) in [6.07, 6.45) is -9.94. The van der Waals surface area contributed by atoms with Gasteiger partial charge < -0.3 is 9.84 Å². The van der Waals surface area contributed by atoms with Crippen molar-refractivity contribution in [2.75, 3.05) is 5.01 Å². The first kappa shape index (κ1) is 27.2. The van der Waals surface area contributed by atoms with Crippen molar-refractivity contribution in [2.24, 2.45) is 5.10 Å². The number of ether oxygens (including phenoxy) is 1. The third-order valence-electron chi connectivity index (χ3n) is 5.26. The van der Waals surface area contributed by atoms with Gasteiger partial charge in [0.05, 0.1) is 22.6 Å². The van der Waals surface area contributed by atoms with Crippen LogP contribution in [0, 0.1) is 0 Å². The molecule has 8 nitrogen and oxygen atoms in total. The molecule has 1 N–H and O–H groups in total. The Morgan fingerprint density at radius 2 is 1.59 bits per heavy atom. The number of halogens is 6. The van der Waals surface area contributed by atoms with Crippen molar-refractivity contribution < 1.29 is 41.0 Å². The van der Waals surface area contributed by atoms with Crippen LogP contribution in [0.2, 0.25) is 0 Å². The van der Waals surface area contributed by atoms with Crippen molar-refractivity contribution in [1.29, 1.82) is 0 Å². The number of hydrogen-bond acceptors (Lipinski definition) is 5. The highest BCUT2D eigenvalue weighted by Gasteiger charge is 2.36. The molecule has 1 amide bonds. The molecule has 0 atom stereocenters. The molecule has 39 heavy (non-hydrogen) atoms. The van der Waals surface area contributed by atoms with Crippen LogP contribution in [0.25, 0.3) is 17.1 Å². The standard InChI is InChI=1S/C25H17F6N5O3/c1-15(33-36(23(37)38)21-5-3-2-4-20(21)24(26,27)28)16-6-8-17(9-7-16)22-32-14-35(34-22)18-10-12-19(13-11-18)39-25(29,30)31/h2-14H,1H3,(H,37,38). The summed E-state index contributed by atoms with van der Waals surface area (Å²) >= 11 is 0. The van der Waals surface area contributed by atoms with Gasteiger partial charge >= 0.3 is 18.6 Å². The summed E-state index contributed by atoms with van der Waals surface area (Å²) in [7, 11) is 0. The average Bonchev–Trinajstić information content (AvgIpc) is 3.36. The number of aromatic nitrogens is 3. The first-order valence-electron chi connectivity index (χ1n) is 10.9. The second kappa shape index (κ2) is 10.5. The number of rotatable bonds is 6. The molecule has 0 spiro atoms. The van der Waals surface area contributed by atoms with Crippen LogP contribution in [0.3, 0.4) is 0 Å². The second-order valence-electron chi connectivity index (χ2n) is 7.93. The van der Waals surface area contributed by atoms with E-state index in [9.17, 15) is 36.2 Å². The predicted molar refractivity (Wildman–Crippen MR) is 128 cm³/mol. The van der Waals surface area contributed by atoms with Crippen LogP contribution in [0.5, 0.6) is 5.75 Å². The average molecular weight is 549 g/mol. The highest BCUT2D eigenvalue weighted by molar-refractivity contribution is 6.01. The maximum absolute atomic E-state index is 13.4. The summed E-state index contributed by atoms with van der Waals surface area (Å²) in [5.41, 5.74) is -0.268. The lowest BCUT2D eigenvalue weighted by molar-refractivity contribution is -0.274. The monoisotopic (exact) mass is 549 g/mol. The van der Waals surface area contributed by atoms with Gasteiger partial charge in [-0.3, -0.25) is 0 Å². The molecule has 1 aromatic heterocycles. The first-order chi connectivity index (χ1) is 18.3. The van der Waals surface area contributed by atoms with Crippen LogP contribution in [-0.2, 0) is 6.18 Å². The Bertz CT molecular complexity index is 1500. The molecule has 14 heteroatoms. The third-order valence-corrected chi connectivity index (χ3v) is 5.26. The minimum absolute atomic E-state index is 0.126. The van der Waals surface area contributed by atoms with E-state index in [1.165, 1.54) is 36.1 Å². The fourth-order valence-corrected chi connectivity index (χ4v) is 3.49. The molecule has 3 aromatic carbocycles. The lowest BCUT2D eigenvalue weighted by Gasteiger charge is -2.19. The molecule has 4 aromatic rings. The fraction of sp³-hybridized carbons (Fsp3) is 0.120. The molecule has 0 aliphatic rings. The van der Waals surface area contributed by atoms with Gasteiger partial charge in [-0.05, 0) is 48.9 Å². The normalized spacial score (nSPS) is 12.3. The van der Waals surface area contributed by atoms with Crippen LogP contribution >= 0.6 is 0 Å². The van der Waals surface area contributed by atoms with E-state index < -0.39 is 29.9 Å². The Hall–Kier alpha value is -4.88. The van der Waals surface area contributed by atoms with Gasteiger partial charge in [-0.25, -0.2) is 14.5 Å². The lowest BCUT2D eigenvalue weighted by Crippen LogP contribution is -2.27. The summed E-state index contributed by atoms with van der Waals surface area (Å²) in [5, 5.41) is 18.0. The molecule has 0 bridgehead atoms. The number of hydrazone groups is 1. The van der Waals surface area contributed by atoms with Crippen molar-refractivity contribution in [3.63, 3.8) is 0 Å².